The molecule has 3 nitrogen and oxygen atoms in total. The fourth-order valence-corrected chi connectivity index (χ4v) is 1.12. The van der Waals surface area contributed by atoms with Gasteiger partial charge in [-0.2, -0.15) is 13.2 Å². The number of hydrogen-bond donors (Lipinski definition) is 1. The number of halogens is 3. The average molecular weight is 228 g/mol. The van der Waals surface area contributed by atoms with Gasteiger partial charge in [0.1, 0.15) is 0 Å². The van der Waals surface area contributed by atoms with Gasteiger partial charge in [0.15, 0.2) is 0 Å². The summed E-state index contributed by atoms with van der Waals surface area (Å²) >= 11 is 0. The van der Waals surface area contributed by atoms with Crippen LogP contribution < -0.4 is 5.32 Å². The second-order valence-electron chi connectivity index (χ2n) is 3.22. The second kappa shape index (κ2) is 7.90. The fourth-order valence-electron chi connectivity index (χ4n) is 1.12. The smallest absolute Gasteiger partial charge is 0.383 e. The minimum Gasteiger partial charge on any atom is -0.383 e. The molecule has 0 rings (SSSR count). The summed E-state index contributed by atoms with van der Waals surface area (Å²) in [6, 6.07) is 0. The number of methoxy groups -OCH3 is 1. The molecule has 0 amide bonds. The molecule has 0 saturated heterocycles. The Morgan fingerprint density at radius 1 is 1.27 bits per heavy atom. The molecular formula is C9H19F3N2O. The first-order valence-electron chi connectivity index (χ1n) is 4.98. The van der Waals surface area contributed by atoms with Crippen LogP contribution in [0.5, 0.6) is 0 Å². The van der Waals surface area contributed by atoms with Crippen LogP contribution >= 0.6 is 0 Å². The monoisotopic (exact) mass is 228 g/mol. The topological polar surface area (TPSA) is 24.5 Å². The van der Waals surface area contributed by atoms with E-state index < -0.39 is 12.7 Å². The van der Waals surface area contributed by atoms with Crippen LogP contribution in [0.1, 0.15) is 6.92 Å². The van der Waals surface area contributed by atoms with E-state index >= 15 is 0 Å². The van der Waals surface area contributed by atoms with Gasteiger partial charge in [-0.3, -0.25) is 0 Å². The van der Waals surface area contributed by atoms with Crippen molar-refractivity contribution in [2.24, 2.45) is 0 Å². The summed E-state index contributed by atoms with van der Waals surface area (Å²) in [5, 5.41) is 2.36. The van der Waals surface area contributed by atoms with Crippen molar-refractivity contribution in [3.8, 4) is 0 Å². The van der Waals surface area contributed by atoms with E-state index in [0.717, 1.165) is 13.1 Å². The number of hydrogen-bond acceptors (Lipinski definition) is 3. The molecule has 0 aliphatic carbocycles. The largest absolute Gasteiger partial charge is 0.401 e. The Bertz CT molecular complexity index is 153. The van der Waals surface area contributed by atoms with Gasteiger partial charge in [-0.15, -0.1) is 0 Å². The predicted molar refractivity (Wildman–Crippen MR) is 52.9 cm³/mol. The molecule has 0 fully saturated rings. The van der Waals surface area contributed by atoms with E-state index in [2.05, 4.69) is 5.32 Å². The Hall–Kier alpha value is -0.330. The van der Waals surface area contributed by atoms with E-state index in [9.17, 15) is 13.2 Å². The number of nitrogens with zero attached hydrogens (tertiary/aromatic N) is 1. The zero-order chi connectivity index (χ0) is 11.7. The number of ether oxygens (including phenoxy) is 1. The van der Waals surface area contributed by atoms with Crippen molar-refractivity contribution >= 4 is 0 Å². The average Bonchev–Trinajstić information content (AvgIpc) is 2.15. The van der Waals surface area contributed by atoms with Crippen LogP contribution in [0.2, 0.25) is 0 Å². The Morgan fingerprint density at radius 2 is 1.93 bits per heavy atom. The van der Waals surface area contributed by atoms with Crippen LogP contribution in [-0.4, -0.2) is 57.5 Å². The number of alkyl halides is 3. The molecule has 0 spiro atoms. The quantitative estimate of drug-likeness (QED) is 0.630. The Morgan fingerprint density at radius 3 is 2.40 bits per heavy atom. The molecule has 0 saturated carbocycles. The van der Waals surface area contributed by atoms with Crippen molar-refractivity contribution in [3.05, 3.63) is 0 Å². The van der Waals surface area contributed by atoms with Gasteiger partial charge in [-0.1, -0.05) is 6.92 Å². The molecule has 15 heavy (non-hydrogen) atoms. The number of nitrogens with one attached hydrogen (secondary N) is 1. The molecule has 0 unspecified atom stereocenters. The number of rotatable bonds is 8. The van der Waals surface area contributed by atoms with Crippen molar-refractivity contribution < 1.29 is 17.9 Å². The maximum atomic E-state index is 11.8. The van der Waals surface area contributed by atoms with Gasteiger partial charge in [0.2, 0.25) is 0 Å². The lowest BCUT2D eigenvalue weighted by atomic mass is 10.4. The van der Waals surface area contributed by atoms with Crippen LogP contribution in [0.15, 0.2) is 0 Å². The Kier molecular flexibility index (Phi) is 7.72. The Labute approximate surface area is 88.6 Å². The molecular weight excluding hydrogens is 209 g/mol. The standard InChI is InChI=1S/C9H19F3N2O/c1-3-14(6-7-15-2)5-4-13-8-9(10,11)12/h13H,3-8H2,1-2H3. The van der Waals surface area contributed by atoms with Gasteiger partial charge < -0.3 is 15.0 Å². The molecule has 0 aromatic heterocycles. The molecule has 1 N–H and O–H groups in total. The van der Waals surface area contributed by atoms with Crippen molar-refractivity contribution in [3.63, 3.8) is 0 Å². The minimum absolute atomic E-state index is 0.344. The molecule has 0 aliphatic rings. The summed E-state index contributed by atoms with van der Waals surface area (Å²) < 4.78 is 40.2. The third-order valence-corrected chi connectivity index (χ3v) is 1.99. The fraction of sp³-hybridized carbons (Fsp3) is 1.00. The zero-order valence-corrected chi connectivity index (χ0v) is 9.23. The molecule has 0 bridgehead atoms. The lowest BCUT2D eigenvalue weighted by molar-refractivity contribution is -0.124. The Balaban J connectivity index is 3.46. The summed E-state index contributed by atoms with van der Waals surface area (Å²) in [6.07, 6.45) is -4.12. The molecule has 0 atom stereocenters. The van der Waals surface area contributed by atoms with Gasteiger partial charge in [0, 0.05) is 26.7 Å². The van der Waals surface area contributed by atoms with Gasteiger partial charge in [-0.25, -0.2) is 0 Å². The van der Waals surface area contributed by atoms with Crippen LogP contribution in [0.4, 0.5) is 13.2 Å². The van der Waals surface area contributed by atoms with Gasteiger partial charge in [0.05, 0.1) is 13.2 Å². The van der Waals surface area contributed by atoms with E-state index in [1.165, 1.54) is 0 Å². The van der Waals surface area contributed by atoms with Gasteiger partial charge in [-0.05, 0) is 6.54 Å². The SMILES string of the molecule is CCN(CCNCC(F)(F)F)CCOC. The van der Waals surface area contributed by atoms with E-state index in [1.54, 1.807) is 7.11 Å². The summed E-state index contributed by atoms with van der Waals surface area (Å²) in [7, 11) is 1.61. The predicted octanol–water partition coefficient (Wildman–Crippen LogP) is 1.11. The first-order chi connectivity index (χ1) is 6.99. The first kappa shape index (κ1) is 14.7. The normalized spacial score (nSPS) is 12.4. The van der Waals surface area contributed by atoms with E-state index in [4.69, 9.17) is 4.74 Å². The minimum atomic E-state index is -4.12. The summed E-state index contributed by atoms with van der Waals surface area (Å²) in [4.78, 5) is 2.03. The highest BCUT2D eigenvalue weighted by Gasteiger charge is 2.25. The van der Waals surface area contributed by atoms with Crippen LogP contribution in [0.25, 0.3) is 0 Å². The molecule has 6 heteroatoms. The molecule has 0 aliphatic heterocycles. The highest BCUT2D eigenvalue weighted by atomic mass is 19.4. The van der Waals surface area contributed by atoms with Crippen molar-refractivity contribution in [2.75, 3.05) is 46.4 Å². The van der Waals surface area contributed by atoms with E-state index in [0.29, 0.717) is 19.7 Å². The van der Waals surface area contributed by atoms with Crippen LogP contribution in [-0.2, 0) is 4.74 Å². The lowest BCUT2D eigenvalue weighted by Gasteiger charge is -2.20. The summed E-state index contributed by atoms with van der Waals surface area (Å²) in [6.45, 7) is 4.17. The molecule has 0 radical (unpaired) electrons. The third kappa shape index (κ3) is 9.96. The third-order valence-electron chi connectivity index (χ3n) is 1.99. The van der Waals surface area contributed by atoms with Gasteiger partial charge >= 0.3 is 6.18 Å². The maximum Gasteiger partial charge on any atom is 0.401 e. The number of likely N-dealkylation sites (N-methyl/N-ethyl adjacent to an activating group) is 1. The highest BCUT2D eigenvalue weighted by Crippen LogP contribution is 2.11. The molecule has 92 valence electrons. The summed E-state index contributed by atoms with van der Waals surface area (Å²) in [5.74, 6) is 0. The molecule has 0 aromatic rings. The molecule has 0 heterocycles. The van der Waals surface area contributed by atoms with Crippen LogP contribution in [0, 0.1) is 0 Å². The zero-order valence-electron chi connectivity index (χ0n) is 9.23. The lowest BCUT2D eigenvalue weighted by Crippen LogP contribution is -2.37. The molecule has 0 aromatic carbocycles. The van der Waals surface area contributed by atoms with Gasteiger partial charge in [0.25, 0.3) is 0 Å². The first-order valence-corrected chi connectivity index (χ1v) is 4.98. The van der Waals surface area contributed by atoms with Crippen molar-refractivity contribution in [1.29, 1.82) is 0 Å². The highest BCUT2D eigenvalue weighted by molar-refractivity contribution is 4.60. The second-order valence-corrected chi connectivity index (χ2v) is 3.22. The van der Waals surface area contributed by atoms with E-state index in [1.807, 2.05) is 11.8 Å². The maximum absolute atomic E-state index is 11.8. The van der Waals surface area contributed by atoms with Crippen molar-refractivity contribution in [2.45, 2.75) is 13.1 Å². The summed E-state index contributed by atoms with van der Waals surface area (Å²) in [5.41, 5.74) is 0. The van der Waals surface area contributed by atoms with Crippen LogP contribution in [0.3, 0.4) is 0 Å². The van der Waals surface area contributed by atoms with Crippen molar-refractivity contribution in [1.82, 2.24) is 10.2 Å². The van der Waals surface area contributed by atoms with E-state index in [-0.39, 0.29) is 0 Å².